The molecule has 3 aromatic heterocycles. The Morgan fingerprint density at radius 1 is 1.30 bits per heavy atom. The van der Waals surface area contributed by atoms with Crippen molar-refractivity contribution in [2.45, 2.75) is 65.1 Å². The molecule has 3 aromatic rings. The fourth-order valence-corrected chi connectivity index (χ4v) is 4.06. The molecule has 1 unspecified atom stereocenters. The minimum absolute atomic E-state index is 0.136. The second-order valence-electron chi connectivity index (χ2n) is 9.21. The average Bonchev–Trinajstić information content (AvgIpc) is 3.27. The number of aromatic nitrogens is 5. The summed E-state index contributed by atoms with van der Waals surface area (Å²) in [5.74, 6) is 1.11. The van der Waals surface area contributed by atoms with Crippen LogP contribution in [0.5, 0.6) is 0 Å². The number of nitrogens with zero attached hydrogens (tertiary/aromatic N) is 5. The van der Waals surface area contributed by atoms with Crippen LogP contribution in [0.2, 0.25) is 5.02 Å². The minimum atomic E-state index is -0.504. The van der Waals surface area contributed by atoms with Crippen molar-refractivity contribution in [2.75, 3.05) is 23.7 Å². The largest absolute Gasteiger partial charge is 0.444 e. The van der Waals surface area contributed by atoms with Gasteiger partial charge in [0.15, 0.2) is 0 Å². The van der Waals surface area contributed by atoms with Crippen LogP contribution < -0.4 is 10.6 Å². The van der Waals surface area contributed by atoms with Crippen molar-refractivity contribution in [1.29, 1.82) is 0 Å². The SMILES string of the molecule is CCn1cc(Nc2nc(NC3CCCN(C(=O)OC(C)(C)C)CC3)c3c(Cl)c[nH]c3n2)cn1. The van der Waals surface area contributed by atoms with Gasteiger partial charge in [-0.1, -0.05) is 11.6 Å². The third-order valence-electron chi connectivity index (χ3n) is 5.42. The number of aryl methyl sites for hydroxylation is 1. The van der Waals surface area contributed by atoms with Gasteiger partial charge in [-0.15, -0.1) is 0 Å². The van der Waals surface area contributed by atoms with E-state index in [9.17, 15) is 4.79 Å². The zero-order valence-corrected chi connectivity index (χ0v) is 20.2. The Bertz CT molecular complexity index is 1120. The van der Waals surface area contributed by atoms with Gasteiger partial charge in [-0.3, -0.25) is 4.68 Å². The molecule has 0 spiro atoms. The number of carbonyl (C=O) groups is 1. The molecule has 0 aliphatic carbocycles. The first-order chi connectivity index (χ1) is 15.7. The molecule has 4 rings (SSSR count). The van der Waals surface area contributed by atoms with E-state index in [1.807, 2.05) is 38.6 Å². The molecule has 1 atom stereocenters. The smallest absolute Gasteiger partial charge is 0.410 e. The molecular weight excluding hydrogens is 444 g/mol. The van der Waals surface area contributed by atoms with Gasteiger partial charge in [-0.05, 0) is 47.0 Å². The maximum absolute atomic E-state index is 12.5. The fraction of sp³-hybridized carbons (Fsp3) is 0.545. The lowest BCUT2D eigenvalue weighted by Crippen LogP contribution is -2.37. The number of halogens is 1. The summed E-state index contributed by atoms with van der Waals surface area (Å²) in [6.45, 7) is 9.74. The lowest BCUT2D eigenvalue weighted by molar-refractivity contribution is 0.0256. The van der Waals surface area contributed by atoms with E-state index in [1.165, 1.54) is 0 Å². The van der Waals surface area contributed by atoms with Gasteiger partial charge < -0.3 is 25.3 Å². The highest BCUT2D eigenvalue weighted by Gasteiger charge is 2.26. The number of rotatable bonds is 5. The Hall–Kier alpha value is -3.01. The van der Waals surface area contributed by atoms with Gasteiger partial charge in [0.25, 0.3) is 0 Å². The van der Waals surface area contributed by atoms with Crippen LogP contribution in [0.1, 0.15) is 47.0 Å². The van der Waals surface area contributed by atoms with Gasteiger partial charge in [-0.2, -0.15) is 15.1 Å². The number of hydrogen-bond acceptors (Lipinski definition) is 7. The standard InChI is InChI=1S/C22H31ClN8O2/c1-5-31-13-15(11-25-31)27-20-28-18-17(16(23)12-24-18)19(29-20)26-14-7-6-9-30(10-8-14)21(32)33-22(2,3)4/h11-14H,5-10H2,1-4H3,(H3,24,26,27,28,29). The molecule has 0 bridgehead atoms. The molecule has 1 amide bonds. The first kappa shape index (κ1) is 23.2. The molecule has 1 saturated heterocycles. The molecule has 0 radical (unpaired) electrons. The fourth-order valence-electron chi connectivity index (χ4n) is 3.83. The predicted molar refractivity (Wildman–Crippen MR) is 129 cm³/mol. The number of anilines is 3. The van der Waals surface area contributed by atoms with Crippen molar-refractivity contribution in [1.82, 2.24) is 29.6 Å². The number of H-pyrrole nitrogens is 1. The van der Waals surface area contributed by atoms with Crippen LogP contribution in [-0.2, 0) is 11.3 Å². The summed E-state index contributed by atoms with van der Waals surface area (Å²) in [6.07, 6.45) is 7.63. The average molecular weight is 475 g/mol. The first-order valence-corrected chi connectivity index (χ1v) is 11.7. The maximum atomic E-state index is 12.5. The zero-order chi connectivity index (χ0) is 23.6. The van der Waals surface area contributed by atoms with E-state index in [0.29, 0.717) is 35.5 Å². The minimum Gasteiger partial charge on any atom is -0.444 e. The summed E-state index contributed by atoms with van der Waals surface area (Å²) in [6, 6.07) is 0.136. The van der Waals surface area contributed by atoms with Crippen LogP contribution in [-0.4, -0.2) is 60.5 Å². The first-order valence-electron chi connectivity index (χ1n) is 11.3. The van der Waals surface area contributed by atoms with Crippen LogP contribution in [0, 0.1) is 0 Å². The van der Waals surface area contributed by atoms with E-state index in [-0.39, 0.29) is 12.1 Å². The summed E-state index contributed by atoms with van der Waals surface area (Å²) in [7, 11) is 0. The molecule has 1 aliphatic rings. The van der Waals surface area contributed by atoms with Crippen molar-refractivity contribution in [2.24, 2.45) is 0 Å². The van der Waals surface area contributed by atoms with Crippen molar-refractivity contribution < 1.29 is 9.53 Å². The van der Waals surface area contributed by atoms with Gasteiger partial charge >= 0.3 is 6.09 Å². The summed E-state index contributed by atoms with van der Waals surface area (Å²) in [4.78, 5) is 26.6. The van der Waals surface area contributed by atoms with Crippen LogP contribution in [0.4, 0.5) is 22.2 Å². The van der Waals surface area contributed by atoms with E-state index in [1.54, 1.807) is 17.3 Å². The van der Waals surface area contributed by atoms with Gasteiger partial charge in [0.2, 0.25) is 5.95 Å². The predicted octanol–water partition coefficient (Wildman–Crippen LogP) is 4.77. The lowest BCUT2D eigenvalue weighted by atomic mass is 10.1. The number of aromatic amines is 1. The Kier molecular flexibility index (Phi) is 6.64. The van der Waals surface area contributed by atoms with Crippen LogP contribution >= 0.6 is 11.6 Å². The van der Waals surface area contributed by atoms with Crippen molar-refractivity contribution in [3.63, 3.8) is 0 Å². The van der Waals surface area contributed by atoms with E-state index < -0.39 is 5.60 Å². The number of hydrogen-bond donors (Lipinski definition) is 3. The Balaban J connectivity index is 1.50. The molecule has 1 aliphatic heterocycles. The van der Waals surface area contributed by atoms with Crippen LogP contribution in [0.3, 0.4) is 0 Å². The molecule has 10 nitrogen and oxygen atoms in total. The Morgan fingerprint density at radius 3 is 2.85 bits per heavy atom. The van der Waals surface area contributed by atoms with Gasteiger partial charge in [0, 0.05) is 38.1 Å². The molecule has 178 valence electrons. The molecule has 0 saturated carbocycles. The number of likely N-dealkylation sites (tertiary alicyclic amines) is 1. The third kappa shape index (κ3) is 5.68. The van der Waals surface area contributed by atoms with Crippen molar-refractivity contribution in [3.05, 3.63) is 23.6 Å². The van der Waals surface area contributed by atoms with E-state index in [4.69, 9.17) is 21.3 Å². The number of ether oxygens (including phenoxy) is 1. The van der Waals surface area contributed by atoms with E-state index >= 15 is 0 Å². The number of fused-ring (bicyclic) bond motifs is 1. The topological polar surface area (TPSA) is 113 Å². The maximum Gasteiger partial charge on any atom is 0.410 e. The van der Waals surface area contributed by atoms with Gasteiger partial charge in [-0.25, -0.2) is 4.79 Å². The van der Waals surface area contributed by atoms with E-state index in [2.05, 4.69) is 25.7 Å². The summed E-state index contributed by atoms with van der Waals surface area (Å²) >= 11 is 6.43. The molecule has 11 heteroatoms. The zero-order valence-electron chi connectivity index (χ0n) is 19.5. The van der Waals surface area contributed by atoms with Crippen LogP contribution in [0.15, 0.2) is 18.6 Å². The normalized spacial score (nSPS) is 17.1. The summed E-state index contributed by atoms with van der Waals surface area (Å²) in [5.41, 5.74) is 0.949. The second kappa shape index (κ2) is 9.46. The summed E-state index contributed by atoms with van der Waals surface area (Å²) < 4.78 is 7.37. The lowest BCUT2D eigenvalue weighted by Gasteiger charge is -2.26. The highest BCUT2D eigenvalue weighted by Crippen LogP contribution is 2.31. The number of amides is 1. The van der Waals surface area contributed by atoms with Gasteiger partial charge in [0.05, 0.1) is 22.3 Å². The number of nitrogens with one attached hydrogen (secondary N) is 3. The molecule has 0 aromatic carbocycles. The second-order valence-corrected chi connectivity index (χ2v) is 9.61. The monoisotopic (exact) mass is 474 g/mol. The third-order valence-corrected chi connectivity index (χ3v) is 5.72. The van der Waals surface area contributed by atoms with Crippen molar-refractivity contribution in [3.8, 4) is 0 Å². The molecule has 1 fully saturated rings. The summed E-state index contributed by atoms with van der Waals surface area (Å²) in [5, 5.41) is 12.3. The molecule has 4 heterocycles. The highest BCUT2D eigenvalue weighted by molar-refractivity contribution is 6.36. The Morgan fingerprint density at radius 2 is 2.12 bits per heavy atom. The molecular formula is C22H31ClN8O2. The van der Waals surface area contributed by atoms with Gasteiger partial charge in [0.1, 0.15) is 17.1 Å². The molecule has 3 N–H and O–H groups in total. The van der Waals surface area contributed by atoms with Crippen molar-refractivity contribution >= 4 is 46.2 Å². The highest BCUT2D eigenvalue weighted by atomic mass is 35.5. The molecule has 33 heavy (non-hydrogen) atoms. The van der Waals surface area contributed by atoms with E-state index in [0.717, 1.165) is 36.9 Å². The number of carbonyl (C=O) groups excluding carboxylic acids is 1. The van der Waals surface area contributed by atoms with Crippen LogP contribution in [0.25, 0.3) is 11.0 Å². The Labute approximate surface area is 198 Å². The quantitative estimate of drug-likeness (QED) is 0.488.